The lowest BCUT2D eigenvalue weighted by Crippen LogP contribution is -2.61. The van der Waals surface area contributed by atoms with Gasteiger partial charge in [0.15, 0.2) is 0 Å². The van der Waals surface area contributed by atoms with Gasteiger partial charge in [-0.3, -0.25) is 4.79 Å². The summed E-state index contributed by atoms with van der Waals surface area (Å²) in [7, 11) is 1.58. The van der Waals surface area contributed by atoms with Gasteiger partial charge < -0.3 is 15.0 Å². The topological polar surface area (TPSA) is 67.3 Å². The lowest BCUT2D eigenvalue weighted by Gasteiger charge is -2.41. The quantitative estimate of drug-likeness (QED) is 0.876. The number of aromatic nitrogens is 2. The van der Waals surface area contributed by atoms with E-state index in [2.05, 4.69) is 20.2 Å². The number of methoxy groups -OCH3 is 1. The number of ether oxygens (including phenoxy) is 1. The van der Waals surface area contributed by atoms with Crippen molar-refractivity contribution in [3.05, 3.63) is 12.4 Å². The van der Waals surface area contributed by atoms with Gasteiger partial charge in [0.2, 0.25) is 11.8 Å². The van der Waals surface area contributed by atoms with Crippen LogP contribution in [0, 0.1) is 5.41 Å². The predicted molar refractivity (Wildman–Crippen MR) is 72.2 cm³/mol. The standard InChI is InChI=1S/C13H20N4O2/c1-13(2,3)12(18)16-9-6-17(7-9)10-5-11(19-4)15-8-14-10/h5,8-9H,6-7H2,1-4H3,(H,16,18). The maximum absolute atomic E-state index is 11.8. The summed E-state index contributed by atoms with van der Waals surface area (Å²) in [5.41, 5.74) is -0.349. The van der Waals surface area contributed by atoms with Gasteiger partial charge in [0.25, 0.3) is 0 Å². The highest BCUT2D eigenvalue weighted by Gasteiger charge is 2.32. The molecule has 1 fully saturated rings. The van der Waals surface area contributed by atoms with Gasteiger partial charge in [-0.05, 0) is 0 Å². The SMILES string of the molecule is COc1cc(N2CC(NC(=O)C(C)(C)C)C2)ncn1. The normalized spacial score (nSPS) is 15.9. The molecule has 104 valence electrons. The zero-order valence-electron chi connectivity index (χ0n) is 11.8. The lowest BCUT2D eigenvalue weighted by atomic mass is 9.94. The maximum Gasteiger partial charge on any atom is 0.225 e. The number of carbonyl (C=O) groups is 1. The van der Waals surface area contributed by atoms with Crippen LogP contribution >= 0.6 is 0 Å². The Morgan fingerprint density at radius 3 is 2.68 bits per heavy atom. The molecule has 2 rings (SSSR count). The zero-order valence-corrected chi connectivity index (χ0v) is 11.8. The molecule has 2 heterocycles. The molecule has 1 saturated heterocycles. The summed E-state index contributed by atoms with van der Waals surface area (Å²) in [4.78, 5) is 22.1. The predicted octanol–water partition coefficient (Wildman–Crippen LogP) is 0.836. The van der Waals surface area contributed by atoms with Crippen molar-refractivity contribution in [1.29, 1.82) is 0 Å². The minimum Gasteiger partial charge on any atom is -0.481 e. The lowest BCUT2D eigenvalue weighted by molar-refractivity contribution is -0.129. The van der Waals surface area contributed by atoms with E-state index in [1.807, 2.05) is 20.8 Å². The van der Waals surface area contributed by atoms with Crippen LogP contribution in [-0.2, 0) is 4.79 Å². The van der Waals surface area contributed by atoms with Gasteiger partial charge in [-0.25, -0.2) is 9.97 Å². The average molecular weight is 264 g/mol. The molecule has 6 heteroatoms. The minimum atomic E-state index is -0.349. The van der Waals surface area contributed by atoms with E-state index in [-0.39, 0.29) is 17.4 Å². The summed E-state index contributed by atoms with van der Waals surface area (Å²) < 4.78 is 5.06. The Balaban J connectivity index is 1.87. The molecule has 1 aromatic rings. The molecule has 19 heavy (non-hydrogen) atoms. The fourth-order valence-electron chi connectivity index (χ4n) is 1.77. The number of hydrogen-bond acceptors (Lipinski definition) is 5. The number of amides is 1. The maximum atomic E-state index is 11.8. The van der Waals surface area contributed by atoms with Gasteiger partial charge in [-0.1, -0.05) is 20.8 Å². The molecule has 0 atom stereocenters. The van der Waals surface area contributed by atoms with E-state index >= 15 is 0 Å². The summed E-state index contributed by atoms with van der Waals surface area (Å²) in [5.74, 6) is 1.46. The largest absolute Gasteiger partial charge is 0.481 e. The summed E-state index contributed by atoms with van der Waals surface area (Å²) in [6, 6.07) is 1.98. The van der Waals surface area contributed by atoms with Crippen LogP contribution in [0.2, 0.25) is 0 Å². The highest BCUT2D eigenvalue weighted by atomic mass is 16.5. The van der Waals surface area contributed by atoms with Gasteiger partial charge >= 0.3 is 0 Å². The highest BCUT2D eigenvalue weighted by molar-refractivity contribution is 5.82. The van der Waals surface area contributed by atoms with Crippen LogP contribution in [0.5, 0.6) is 5.88 Å². The van der Waals surface area contributed by atoms with Crippen molar-refractivity contribution in [2.75, 3.05) is 25.1 Å². The fraction of sp³-hybridized carbons (Fsp3) is 0.615. The van der Waals surface area contributed by atoms with Crippen LogP contribution in [0.1, 0.15) is 20.8 Å². The van der Waals surface area contributed by atoms with Crippen molar-refractivity contribution in [3.8, 4) is 5.88 Å². The van der Waals surface area contributed by atoms with Crippen LogP contribution in [0.4, 0.5) is 5.82 Å². The van der Waals surface area contributed by atoms with E-state index in [0.29, 0.717) is 5.88 Å². The van der Waals surface area contributed by atoms with Gasteiger partial charge in [0.05, 0.1) is 13.2 Å². The molecule has 0 saturated carbocycles. The van der Waals surface area contributed by atoms with Crippen molar-refractivity contribution in [3.63, 3.8) is 0 Å². The Kier molecular flexibility index (Phi) is 3.59. The van der Waals surface area contributed by atoms with E-state index in [4.69, 9.17) is 4.74 Å². The van der Waals surface area contributed by atoms with Crippen molar-refractivity contribution < 1.29 is 9.53 Å². The van der Waals surface area contributed by atoms with Crippen LogP contribution < -0.4 is 15.0 Å². The molecule has 0 bridgehead atoms. The molecular weight excluding hydrogens is 244 g/mol. The second-order valence-electron chi connectivity index (χ2n) is 5.74. The minimum absolute atomic E-state index is 0.0809. The van der Waals surface area contributed by atoms with E-state index in [1.54, 1.807) is 13.2 Å². The molecule has 1 aromatic heterocycles. The number of nitrogens with zero attached hydrogens (tertiary/aromatic N) is 3. The van der Waals surface area contributed by atoms with Crippen LogP contribution in [-0.4, -0.2) is 42.1 Å². The Hall–Kier alpha value is -1.85. The Morgan fingerprint density at radius 2 is 2.11 bits per heavy atom. The number of rotatable bonds is 3. The first-order valence-electron chi connectivity index (χ1n) is 6.32. The van der Waals surface area contributed by atoms with Crippen LogP contribution in [0.3, 0.4) is 0 Å². The molecule has 1 amide bonds. The number of carbonyl (C=O) groups excluding carboxylic acids is 1. The Bertz CT molecular complexity index is 464. The molecule has 1 aliphatic heterocycles. The zero-order chi connectivity index (χ0) is 14.0. The second-order valence-corrected chi connectivity index (χ2v) is 5.74. The second kappa shape index (κ2) is 5.03. The first-order valence-corrected chi connectivity index (χ1v) is 6.32. The molecule has 0 aromatic carbocycles. The third-order valence-electron chi connectivity index (χ3n) is 3.06. The van der Waals surface area contributed by atoms with Crippen LogP contribution in [0.25, 0.3) is 0 Å². The molecule has 1 aliphatic rings. The van der Waals surface area contributed by atoms with Crippen molar-refractivity contribution >= 4 is 11.7 Å². The van der Waals surface area contributed by atoms with Gasteiger partial charge in [0, 0.05) is 24.6 Å². The smallest absolute Gasteiger partial charge is 0.225 e. The van der Waals surface area contributed by atoms with Gasteiger partial charge in [-0.15, -0.1) is 0 Å². The summed E-state index contributed by atoms with van der Waals surface area (Å²) in [6.07, 6.45) is 1.48. The monoisotopic (exact) mass is 264 g/mol. The van der Waals surface area contributed by atoms with E-state index < -0.39 is 0 Å². The summed E-state index contributed by atoms with van der Waals surface area (Å²) >= 11 is 0. The van der Waals surface area contributed by atoms with E-state index in [9.17, 15) is 4.79 Å². The van der Waals surface area contributed by atoms with Crippen molar-refractivity contribution in [2.45, 2.75) is 26.8 Å². The molecule has 0 unspecified atom stereocenters. The summed E-state index contributed by atoms with van der Waals surface area (Å²) in [6.45, 7) is 7.26. The number of nitrogens with one attached hydrogen (secondary N) is 1. The molecular formula is C13H20N4O2. The first-order chi connectivity index (χ1) is 8.90. The molecule has 0 radical (unpaired) electrons. The van der Waals surface area contributed by atoms with Crippen LogP contribution in [0.15, 0.2) is 12.4 Å². The number of hydrogen-bond donors (Lipinski definition) is 1. The third kappa shape index (κ3) is 3.13. The number of anilines is 1. The third-order valence-corrected chi connectivity index (χ3v) is 3.06. The summed E-state index contributed by atoms with van der Waals surface area (Å²) in [5, 5.41) is 3.03. The van der Waals surface area contributed by atoms with Gasteiger partial charge in [0.1, 0.15) is 12.1 Å². The Morgan fingerprint density at radius 1 is 1.42 bits per heavy atom. The van der Waals surface area contributed by atoms with E-state index in [0.717, 1.165) is 18.9 Å². The van der Waals surface area contributed by atoms with Crippen molar-refractivity contribution in [2.24, 2.45) is 5.41 Å². The molecule has 1 N–H and O–H groups in total. The van der Waals surface area contributed by atoms with E-state index in [1.165, 1.54) is 6.33 Å². The van der Waals surface area contributed by atoms with Gasteiger partial charge in [-0.2, -0.15) is 0 Å². The molecule has 0 spiro atoms. The molecule has 0 aliphatic carbocycles. The highest BCUT2D eigenvalue weighted by Crippen LogP contribution is 2.22. The molecule has 6 nitrogen and oxygen atoms in total. The Labute approximate surface area is 113 Å². The average Bonchev–Trinajstić information content (AvgIpc) is 2.31. The van der Waals surface area contributed by atoms with Crippen molar-refractivity contribution in [1.82, 2.24) is 15.3 Å². The first kappa shape index (κ1) is 13.6. The fourth-order valence-corrected chi connectivity index (χ4v) is 1.77.